The van der Waals surface area contributed by atoms with Gasteiger partial charge >= 0.3 is 6.61 Å². The van der Waals surface area contributed by atoms with Crippen LogP contribution in [0.3, 0.4) is 0 Å². The molecule has 0 bridgehead atoms. The Balaban J connectivity index is 2.00. The molecule has 0 aromatic heterocycles. The number of alkyl halides is 2. The van der Waals surface area contributed by atoms with Gasteiger partial charge in [0.25, 0.3) is 0 Å². The Morgan fingerprint density at radius 3 is 2.86 bits per heavy atom. The molecule has 0 spiro atoms. The van der Waals surface area contributed by atoms with Crippen molar-refractivity contribution in [2.45, 2.75) is 26.2 Å². The predicted octanol–water partition coefficient (Wildman–Crippen LogP) is 1.36. The number of hydrogen-bond acceptors (Lipinski definition) is 5. The zero-order valence-corrected chi connectivity index (χ0v) is 12.5. The lowest BCUT2D eigenvalue weighted by molar-refractivity contribution is -0.0521. The van der Waals surface area contributed by atoms with Crippen LogP contribution in [0, 0.1) is 5.92 Å². The van der Waals surface area contributed by atoms with Crippen molar-refractivity contribution in [3.05, 3.63) is 23.8 Å². The molecule has 2 unspecified atom stereocenters. The van der Waals surface area contributed by atoms with E-state index in [1.807, 2.05) is 0 Å². The number of hydrogen-bond donors (Lipinski definition) is 3. The second-order valence-electron chi connectivity index (χ2n) is 5.17. The molecule has 1 fully saturated rings. The normalized spacial score (nSPS) is 21.3. The van der Waals surface area contributed by atoms with E-state index < -0.39 is 6.61 Å². The molecular formula is C15H22F2N2O3. The molecule has 7 heteroatoms. The average molecular weight is 316 g/mol. The van der Waals surface area contributed by atoms with E-state index in [1.165, 1.54) is 0 Å². The van der Waals surface area contributed by atoms with Gasteiger partial charge in [0.15, 0.2) is 11.5 Å². The number of halogens is 2. The van der Waals surface area contributed by atoms with Gasteiger partial charge in [-0.1, -0.05) is 12.1 Å². The summed E-state index contributed by atoms with van der Waals surface area (Å²) in [6.45, 7) is 1.55. The van der Waals surface area contributed by atoms with Gasteiger partial charge in [0.1, 0.15) is 0 Å². The fourth-order valence-corrected chi connectivity index (χ4v) is 2.51. The lowest BCUT2D eigenvalue weighted by atomic mass is 10.1. The molecule has 0 radical (unpaired) electrons. The molecule has 0 saturated carbocycles. The third-order valence-corrected chi connectivity index (χ3v) is 3.59. The number of para-hydroxylation sites is 1. The first-order valence-corrected chi connectivity index (χ1v) is 7.40. The van der Waals surface area contributed by atoms with Crippen molar-refractivity contribution in [1.82, 2.24) is 10.6 Å². The van der Waals surface area contributed by atoms with Gasteiger partial charge in [0, 0.05) is 37.7 Å². The molecule has 2 rings (SSSR count). The standard InChI is InChI=1S/C15H22F2N2O3/c1-2-21-13-5-3-4-10(14(13)22-15(16)17)6-18-7-11-8-19-9-12(11)20/h3-5,11-12,15,18-20H,2,6-9H2,1H3. The SMILES string of the molecule is CCOc1cccc(CNCC2CNCC2O)c1OC(F)F. The highest BCUT2D eigenvalue weighted by atomic mass is 19.3. The predicted molar refractivity (Wildman–Crippen MR) is 78.3 cm³/mol. The molecule has 1 aromatic carbocycles. The van der Waals surface area contributed by atoms with E-state index in [1.54, 1.807) is 25.1 Å². The number of ether oxygens (including phenoxy) is 2. The second kappa shape index (κ2) is 8.26. The topological polar surface area (TPSA) is 62.8 Å². The molecule has 1 aliphatic rings. The fourth-order valence-electron chi connectivity index (χ4n) is 2.51. The monoisotopic (exact) mass is 316 g/mol. The summed E-state index contributed by atoms with van der Waals surface area (Å²) >= 11 is 0. The van der Waals surface area contributed by atoms with Gasteiger partial charge < -0.3 is 25.2 Å². The number of nitrogens with one attached hydrogen (secondary N) is 2. The fraction of sp³-hybridized carbons (Fsp3) is 0.600. The quantitative estimate of drug-likeness (QED) is 0.676. The maximum absolute atomic E-state index is 12.6. The first-order chi connectivity index (χ1) is 10.6. The van der Waals surface area contributed by atoms with Gasteiger partial charge in [0.2, 0.25) is 0 Å². The van der Waals surface area contributed by atoms with Crippen LogP contribution in [-0.2, 0) is 6.54 Å². The van der Waals surface area contributed by atoms with Crippen LogP contribution in [0.5, 0.6) is 11.5 Å². The van der Waals surface area contributed by atoms with E-state index in [0.717, 1.165) is 6.54 Å². The molecule has 1 aliphatic heterocycles. The Labute approximate surface area is 128 Å². The van der Waals surface area contributed by atoms with Gasteiger partial charge in [-0.25, -0.2) is 0 Å². The molecule has 124 valence electrons. The number of aliphatic hydroxyl groups is 1. The lowest BCUT2D eigenvalue weighted by Gasteiger charge is -2.17. The van der Waals surface area contributed by atoms with Gasteiger partial charge in [-0.2, -0.15) is 8.78 Å². The van der Waals surface area contributed by atoms with Crippen molar-refractivity contribution in [3.63, 3.8) is 0 Å². The highest BCUT2D eigenvalue weighted by molar-refractivity contribution is 5.46. The van der Waals surface area contributed by atoms with E-state index in [4.69, 9.17) is 4.74 Å². The van der Waals surface area contributed by atoms with Gasteiger partial charge in [-0.3, -0.25) is 0 Å². The smallest absolute Gasteiger partial charge is 0.387 e. The van der Waals surface area contributed by atoms with E-state index in [2.05, 4.69) is 15.4 Å². The van der Waals surface area contributed by atoms with Gasteiger partial charge in [-0.15, -0.1) is 0 Å². The van der Waals surface area contributed by atoms with Crippen LogP contribution in [0.4, 0.5) is 8.78 Å². The Morgan fingerprint density at radius 2 is 2.23 bits per heavy atom. The van der Waals surface area contributed by atoms with Gasteiger partial charge in [-0.05, 0) is 13.0 Å². The van der Waals surface area contributed by atoms with Crippen molar-refractivity contribution in [2.75, 3.05) is 26.2 Å². The summed E-state index contributed by atoms with van der Waals surface area (Å²) in [4.78, 5) is 0. The molecule has 2 atom stereocenters. The summed E-state index contributed by atoms with van der Waals surface area (Å²) in [5, 5.41) is 16.0. The van der Waals surface area contributed by atoms with Crippen molar-refractivity contribution in [3.8, 4) is 11.5 Å². The van der Waals surface area contributed by atoms with Crippen LogP contribution in [0.15, 0.2) is 18.2 Å². The molecule has 1 aromatic rings. The highest BCUT2D eigenvalue weighted by Crippen LogP contribution is 2.32. The summed E-state index contributed by atoms with van der Waals surface area (Å²) in [5.41, 5.74) is 0.603. The molecule has 0 aliphatic carbocycles. The van der Waals surface area contributed by atoms with E-state index in [0.29, 0.717) is 37.6 Å². The minimum atomic E-state index is -2.90. The molecule has 3 N–H and O–H groups in total. The maximum Gasteiger partial charge on any atom is 0.387 e. The number of rotatable bonds is 8. The first kappa shape index (κ1) is 16.9. The molecule has 1 heterocycles. The number of aliphatic hydroxyl groups excluding tert-OH is 1. The minimum Gasteiger partial charge on any atom is -0.490 e. The van der Waals surface area contributed by atoms with Crippen LogP contribution in [0.25, 0.3) is 0 Å². The minimum absolute atomic E-state index is 0.0666. The van der Waals surface area contributed by atoms with Crippen LogP contribution < -0.4 is 20.1 Å². The van der Waals surface area contributed by atoms with Crippen LogP contribution >= 0.6 is 0 Å². The molecule has 0 amide bonds. The lowest BCUT2D eigenvalue weighted by Crippen LogP contribution is -2.30. The van der Waals surface area contributed by atoms with Crippen molar-refractivity contribution >= 4 is 0 Å². The van der Waals surface area contributed by atoms with E-state index >= 15 is 0 Å². The summed E-state index contributed by atoms with van der Waals surface area (Å²) in [7, 11) is 0. The van der Waals surface area contributed by atoms with E-state index in [-0.39, 0.29) is 17.8 Å². The van der Waals surface area contributed by atoms with Crippen LogP contribution in [0.2, 0.25) is 0 Å². The Morgan fingerprint density at radius 1 is 1.41 bits per heavy atom. The molecule has 5 nitrogen and oxygen atoms in total. The highest BCUT2D eigenvalue weighted by Gasteiger charge is 2.24. The van der Waals surface area contributed by atoms with E-state index in [9.17, 15) is 13.9 Å². The van der Waals surface area contributed by atoms with Crippen molar-refractivity contribution in [2.24, 2.45) is 5.92 Å². The summed E-state index contributed by atoms with van der Waals surface area (Å²) in [5.74, 6) is 0.496. The zero-order valence-electron chi connectivity index (χ0n) is 12.5. The number of benzene rings is 1. The third-order valence-electron chi connectivity index (χ3n) is 3.59. The summed E-state index contributed by atoms with van der Waals surface area (Å²) in [6.07, 6.45) is -0.376. The first-order valence-electron chi connectivity index (χ1n) is 7.40. The third kappa shape index (κ3) is 4.53. The van der Waals surface area contributed by atoms with Crippen molar-refractivity contribution < 1.29 is 23.4 Å². The second-order valence-corrected chi connectivity index (χ2v) is 5.17. The zero-order chi connectivity index (χ0) is 15.9. The molecule has 22 heavy (non-hydrogen) atoms. The van der Waals surface area contributed by atoms with Crippen molar-refractivity contribution in [1.29, 1.82) is 0 Å². The van der Waals surface area contributed by atoms with Gasteiger partial charge in [0.05, 0.1) is 12.7 Å². The van der Waals surface area contributed by atoms with Crippen LogP contribution in [0.1, 0.15) is 12.5 Å². The molecule has 1 saturated heterocycles. The summed E-state index contributed by atoms with van der Waals surface area (Å²) in [6, 6.07) is 5.07. The Hall–Kier alpha value is -1.44. The van der Waals surface area contributed by atoms with Crippen LogP contribution in [-0.4, -0.2) is 44.1 Å². The Kier molecular flexibility index (Phi) is 6.35. The largest absolute Gasteiger partial charge is 0.490 e. The number of β-amino-alcohol motifs (C(OH)–C–C–N with tert-alkyl or cyclic N) is 1. The molecular weight excluding hydrogens is 294 g/mol. The summed E-state index contributed by atoms with van der Waals surface area (Å²) < 4.78 is 35.2. The average Bonchev–Trinajstić information content (AvgIpc) is 2.87. The Bertz CT molecular complexity index is 474. The maximum atomic E-state index is 12.6.